The van der Waals surface area contributed by atoms with E-state index in [4.69, 9.17) is 17.3 Å². The highest BCUT2D eigenvalue weighted by Crippen LogP contribution is 2.27. The number of nitrogens with zero attached hydrogens (tertiary/aromatic N) is 4. The van der Waals surface area contributed by atoms with Crippen LogP contribution >= 0.6 is 11.6 Å². The van der Waals surface area contributed by atoms with Crippen LogP contribution in [-0.4, -0.2) is 28.6 Å². The van der Waals surface area contributed by atoms with Crippen molar-refractivity contribution < 1.29 is 14.0 Å². The number of carbonyl (C=O) groups excluding carboxylic acids is 2. The largest absolute Gasteiger partial charge is 0.368 e. The summed E-state index contributed by atoms with van der Waals surface area (Å²) >= 11 is 6.01. The van der Waals surface area contributed by atoms with Gasteiger partial charge in [0.25, 0.3) is 5.91 Å². The number of nitrogens with two attached hydrogens (primary N) is 1. The molecule has 0 aliphatic carbocycles. The molecule has 4 rings (SSSR count). The predicted molar refractivity (Wildman–Crippen MR) is 121 cm³/mol. The lowest BCUT2D eigenvalue weighted by Gasteiger charge is -2.22. The van der Waals surface area contributed by atoms with Gasteiger partial charge in [-0.3, -0.25) is 19.6 Å². The zero-order valence-corrected chi connectivity index (χ0v) is 17.6. The number of anilines is 2. The SMILES string of the molecule is NC(=O)C1CC(C(=O)N(Cc2ccccn2)c2ccc(Cl)cc2)=NN1c1ccc(F)cc1. The Morgan fingerprint density at radius 2 is 1.81 bits per heavy atom. The van der Waals surface area contributed by atoms with Gasteiger partial charge in [-0.15, -0.1) is 0 Å². The number of pyridine rings is 1. The van der Waals surface area contributed by atoms with Crippen LogP contribution in [-0.2, 0) is 16.1 Å². The molecule has 3 aromatic rings. The molecule has 2 aromatic carbocycles. The summed E-state index contributed by atoms with van der Waals surface area (Å²) in [5, 5.41) is 6.28. The molecule has 0 saturated carbocycles. The van der Waals surface area contributed by atoms with Gasteiger partial charge in [-0.1, -0.05) is 17.7 Å². The molecule has 1 unspecified atom stereocenters. The Balaban J connectivity index is 1.68. The van der Waals surface area contributed by atoms with Crippen molar-refractivity contribution in [3.05, 3.63) is 89.5 Å². The van der Waals surface area contributed by atoms with Crippen molar-refractivity contribution in [2.45, 2.75) is 19.0 Å². The molecule has 2 amide bonds. The standard InChI is InChI=1S/C23H19ClFN5O2/c24-15-4-8-18(9-5-15)29(14-17-3-1-2-12-27-17)23(32)20-13-21(22(26)31)30(28-20)19-10-6-16(25)7-11-19/h1-12,21H,13-14H2,(H2,26,31). The van der Waals surface area contributed by atoms with Gasteiger partial charge < -0.3 is 10.6 Å². The Kier molecular flexibility index (Phi) is 6.13. The number of hydrogen-bond acceptors (Lipinski definition) is 5. The van der Waals surface area contributed by atoms with E-state index < -0.39 is 23.7 Å². The van der Waals surface area contributed by atoms with Gasteiger partial charge in [-0.25, -0.2) is 4.39 Å². The van der Waals surface area contributed by atoms with Crippen LogP contribution in [0.25, 0.3) is 0 Å². The number of carbonyl (C=O) groups is 2. The van der Waals surface area contributed by atoms with Crippen LogP contribution in [0.15, 0.2) is 78.0 Å². The lowest BCUT2D eigenvalue weighted by Crippen LogP contribution is -2.40. The third-order valence-corrected chi connectivity index (χ3v) is 5.26. The number of primary amides is 1. The molecule has 0 spiro atoms. The van der Waals surface area contributed by atoms with Crippen LogP contribution in [0.3, 0.4) is 0 Å². The van der Waals surface area contributed by atoms with Crippen LogP contribution in [0, 0.1) is 5.82 Å². The molecule has 32 heavy (non-hydrogen) atoms. The Hall–Kier alpha value is -3.78. The average molecular weight is 452 g/mol. The van der Waals surface area contributed by atoms with Gasteiger partial charge in [0, 0.05) is 23.3 Å². The number of halogens is 2. The van der Waals surface area contributed by atoms with Crippen molar-refractivity contribution in [3.63, 3.8) is 0 Å². The quantitative estimate of drug-likeness (QED) is 0.620. The van der Waals surface area contributed by atoms with E-state index in [0.717, 1.165) is 0 Å². The maximum absolute atomic E-state index is 13.5. The van der Waals surface area contributed by atoms with E-state index in [1.807, 2.05) is 12.1 Å². The second-order valence-corrected chi connectivity index (χ2v) is 7.62. The zero-order valence-electron chi connectivity index (χ0n) is 16.9. The van der Waals surface area contributed by atoms with Gasteiger partial charge >= 0.3 is 0 Å². The van der Waals surface area contributed by atoms with Gasteiger partial charge in [0.2, 0.25) is 5.91 Å². The summed E-state index contributed by atoms with van der Waals surface area (Å²) in [4.78, 5) is 31.4. The van der Waals surface area contributed by atoms with Gasteiger partial charge in [0.1, 0.15) is 17.6 Å². The Morgan fingerprint density at radius 1 is 1.09 bits per heavy atom. The van der Waals surface area contributed by atoms with Crippen molar-refractivity contribution >= 4 is 40.5 Å². The minimum Gasteiger partial charge on any atom is -0.368 e. The van der Waals surface area contributed by atoms with E-state index in [1.54, 1.807) is 36.5 Å². The van der Waals surface area contributed by atoms with Crippen molar-refractivity contribution in [2.75, 3.05) is 9.91 Å². The number of aromatic nitrogens is 1. The molecule has 0 radical (unpaired) electrons. The van der Waals surface area contributed by atoms with Gasteiger partial charge in [-0.05, 0) is 60.7 Å². The first-order valence-corrected chi connectivity index (χ1v) is 10.2. The first-order chi connectivity index (χ1) is 15.4. The molecule has 1 aromatic heterocycles. The van der Waals surface area contributed by atoms with Crippen LogP contribution in [0.1, 0.15) is 12.1 Å². The molecule has 0 bridgehead atoms. The smallest absolute Gasteiger partial charge is 0.274 e. The summed E-state index contributed by atoms with van der Waals surface area (Å²) in [5.41, 5.74) is 7.46. The van der Waals surface area contributed by atoms with E-state index in [2.05, 4.69) is 10.1 Å². The molecule has 162 valence electrons. The second kappa shape index (κ2) is 9.15. The monoisotopic (exact) mass is 451 g/mol. The summed E-state index contributed by atoms with van der Waals surface area (Å²) in [7, 11) is 0. The first-order valence-electron chi connectivity index (χ1n) is 9.81. The van der Waals surface area contributed by atoms with E-state index >= 15 is 0 Å². The zero-order chi connectivity index (χ0) is 22.7. The number of benzene rings is 2. The van der Waals surface area contributed by atoms with Crippen LogP contribution in [0.2, 0.25) is 5.02 Å². The fraction of sp³-hybridized carbons (Fsp3) is 0.130. The summed E-state index contributed by atoms with van der Waals surface area (Å²) in [6.07, 6.45) is 1.67. The normalized spacial score (nSPS) is 15.4. The van der Waals surface area contributed by atoms with E-state index in [0.29, 0.717) is 22.1 Å². The molecule has 2 N–H and O–H groups in total. The minimum atomic E-state index is -0.860. The summed E-state index contributed by atoms with van der Waals surface area (Å²) < 4.78 is 13.3. The number of rotatable bonds is 6. The third kappa shape index (κ3) is 4.60. The highest BCUT2D eigenvalue weighted by atomic mass is 35.5. The van der Waals surface area contributed by atoms with Crippen molar-refractivity contribution in [3.8, 4) is 0 Å². The van der Waals surface area contributed by atoms with Gasteiger partial charge in [0.15, 0.2) is 0 Å². The summed E-state index contributed by atoms with van der Waals surface area (Å²) in [6.45, 7) is 0.193. The fourth-order valence-corrected chi connectivity index (χ4v) is 3.53. The Morgan fingerprint density at radius 3 is 2.44 bits per heavy atom. The number of hydrogen-bond donors (Lipinski definition) is 1. The Bertz CT molecular complexity index is 1150. The highest BCUT2D eigenvalue weighted by Gasteiger charge is 2.37. The molecular formula is C23H19ClFN5O2. The lowest BCUT2D eigenvalue weighted by atomic mass is 10.1. The molecule has 0 saturated heterocycles. The molecular weight excluding hydrogens is 433 g/mol. The Labute approximate surface area is 188 Å². The highest BCUT2D eigenvalue weighted by molar-refractivity contribution is 6.45. The van der Waals surface area contributed by atoms with Crippen molar-refractivity contribution in [1.29, 1.82) is 0 Å². The second-order valence-electron chi connectivity index (χ2n) is 7.18. The molecule has 1 atom stereocenters. The molecule has 1 aliphatic rings. The molecule has 2 heterocycles. The summed E-state index contributed by atoms with van der Waals surface area (Å²) in [5.74, 6) is -1.45. The predicted octanol–water partition coefficient (Wildman–Crippen LogP) is 3.53. The molecule has 1 aliphatic heterocycles. The summed E-state index contributed by atoms with van der Waals surface area (Å²) in [6, 6.07) is 16.9. The number of amides is 2. The molecule has 9 heteroatoms. The van der Waals surface area contributed by atoms with Gasteiger partial charge in [0.05, 0.1) is 17.9 Å². The van der Waals surface area contributed by atoms with Crippen LogP contribution in [0.4, 0.5) is 15.8 Å². The van der Waals surface area contributed by atoms with E-state index in [9.17, 15) is 14.0 Å². The van der Waals surface area contributed by atoms with Crippen LogP contribution in [0.5, 0.6) is 0 Å². The van der Waals surface area contributed by atoms with E-state index in [1.165, 1.54) is 34.2 Å². The van der Waals surface area contributed by atoms with Crippen LogP contribution < -0.4 is 15.6 Å². The lowest BCUT2D eigenvalue weighted by molar-refractivity contribution is -0.119. The third-order valence-electron chi connectivity index (χ3n) is 5.01. The average Bonchev–Trinajstić information content (AvgIpc) is 3.25. The number of hydrazone groups is 1. The van der Waals surface area contributed by atoms with Gasteiger partial charge in [-0.2, -0.15) is 5.10 Å². The maximum atomic E-state index is 13.5. The minimum absolute atomic E-state index is 0.0256. The van der Waals surface area contributed by atoms with Crippen molar-refractivity contribution in [2.24, 2.45) is 10.8 Å². The molecule has 0 fully saturated rings. The topological polar surface area (TPSA) is 91.9 Å². The molecule has 7 nitrogen and oxygen atoms in total. The van der Waals surface area contributed by atoms with E-state index in [-0.39, 0.29) is 18.7 Å². The van der Waals surface area contributed by atoms with Crippen molar-refractivity contribution in [1.82, 2.24) is 4.98 Å². The first kappa shape index (κ1) is 21.5. The fourth-order valence-electron chi connectivity index (χ4n) is 3.40. The maximum Gasteiger partial charge on any atom is 0.274 e.